The number of hydrogen-bond acceptors (Lipinski definition) is 6. The zero-order chi connectivity index (χ0) is 21.7. The molecule has 0 bridgehead atoms. The van der Waals surface area contributed by atoms with Crippen LogP contribution in [0.4, 0.5) is 0 Å². The summed E-state index contributed by atoms with van der Waals surface area (Å²) in [6, 6.07) is 10.9. The maximum absolute atomic E-state index is 12.1. The Hall–Kier alpha value is -3.22. The van der Waals surface area contributed by atoms with Crippen LogP contribution < -0.4 is 19.5 Å². The number of hydrogen-bond donors (Lipinski definition) is 1. The molecule has 2 aromatic rings. The van der Waals surface area contributed by atoms with Gasteiger partial charge in [0.15, 0.2) is 24.7 Å². The fourth-order valence-electron chi connectivity index (χ4n) is 3.26. The van der Waals surface area contributed by atoms with E-state index in [0.29, 0.717) is 23.2 Å². The van der Waals surface area contributed by atoms with E-state index >= 15 is 0 Å². The van der Waals surface area contributed by atoms with E-state index in [0.717, 1.165) is 11.1 Å². The number of carbonyl (C=O) groups excluding carboxylic acids is 2. The average Bonchev–Trinajstić information content (AvgIpc) is 3.18. The molecule has 3 rings (SSSR count). The maximum Gasteiger partial charge on any atom is 0.344 e. The Kier molecular flexibility index (Phi) is 6.82. The molecule has 1 N–H and O–H groups in total. The van der Waals surface area contributed by atoms with Crippen LogP contribution in [0.15, 0.2) is 36.4 Å². The van der Waals surface area contributed by atoms with E-state index in [-0.39, 0.29) is 26.0 Å². The molecule has 0 unspecified atom stereocenters. The van der Waals surface area contributed by atoms with Gasteiger partial charge in [-0.2, -0.15) is 0 Å². The first-order valence-electron chi connectivity index (χ1n) is 9.91. The van der Waals surface area contributed by atoms with Gasteiger partial charge >= 0.3 is 5.97 Å². The summed E-state index contributed by atoms with van der Waals surface area (Å²) < 4.78 is 21.1. The summed E-state index contributed by atoms with van der Waals surface area (Å²) in [5, 5.41) is 2.79. The maximum atomic E-state index is 12.1. The van der Waals surface area contributed by atoms with Gasteiger partial charge in [0.2, 0.25) is 6.79 Å². The molecular weight excluding hydrogens is 386 g/mol. The minimum absolute atomic E-state index is 0.193. The molecule has 7 heteroatoms. The highest BCUT2D eigenvalue weighted by atomic mass is 16.7. The summed E-state index contributed by atoms with van der Waals surface area (Å²) in [6.45, 7) is 7.65. The highest BCUT2D eigenvalue weighted by Gasteiger charge is 2.17. The van der Waals surface area contributed by atoms with Crippen LogP contribution in [0.3, 0.4) is 0 Å². The van der Waals surface area contributed by atoms with Crippen molar-refractivity contribution in [2.24, 2.45) is 0 Å². The third-order valence-corrected chi connectivity index (χ3v) is 4.86. The van der Waals surface area contributed by atoms with Crippen LogP contribution in [0.25, 0.3) is 0 Å². The van der Waals surface area contributed by atoms with Crippen molar-refractivity contribution < 1.29 is 28.5 Å². The number of esters is 1. The van der Waals surface area contributed by atoms with Gasteiger partial charge in [0.1, 0.15) is 5.75 Å². The summed E-state index contributed by atoms with van der Waals surface area (Å²) in [6.07, 6.45) is 0. The van der Waals surface area contributed by atoms with Crippen molar-refractivity contribution in [2.45, 2.75) is 39.7 Å². The van der Waals surface area contributed by atoms with Crippen molar-refractivity contribution >= 4 is 11.9 Å². The van der Waals surface area contributed by atoms with Gasteiger partial charge in [-0.1, -0.05) is 26.0 Å². The molecule has 0 radical (unpaired) electrons. The van der Waals surface area contributed by atoms with Crippen molar-refractivity contribution in [3.63, 3.8) is 0 Å². The van der Waals surface area contributed by atoms with Crippen LogP contribution in [0, 0.1) is 6.92 Å². The van der Waals surface area contributed by atoms with E-state index in [1.807, 2.05) is 44.2 Å². The summed E-state index contributed by atoms with van der Waals surface area (Å²) in [7, 11) is 0. The normalized spacial score (nSPS) is 13.1. The standard InChI is InChI=1S/C23H27NO6/c1-14(2)19-7-6-18(9-15(19)3)27-12-23(26)28-11-22(25)24-16(4)17-5-8-20-21(10-17)30-13-29-20/h5-10,14,16H,11-13H2,1-4H3,(H,24,25)/t16-/m1/s1. The number of fused-ring (bicyclic) bond motifs is 1. The SMILES string of the molecule is Cc1cc(OCC(=O)OCC(=O)N[C@H](C)c2ccc3c(c2)OCO3)ccc1C(C)C. The third-order valence-electron chi connectivity index (χ3n) is 4.86. The van der Waals surface area contributed by atoms with Crippen LogP contribution in [0.2, 0.25) is 0 Å². The number of carbonyl (C=O) groups is 2. The topological polar surface area (TPSA) is 83.1 Å². The van der Waals surface area contributed by atoms with Crippen molar-refractivity contribution in [2.75, 3.05) is 20.0 Å². The van der Waals surface area contributed by atoms with Crippen molar-refractivity contribution in [3.8, 4) is 17.2 Å². The first kappa shape index (κ1) is 21.5. The molecule has 160 valence electrons. The van der Waals surface area contributed by atoms with Gasteiger partial charge in [0.05, 0.1) is 6.04 Å². The molecule has 0 spiro atoms. The smallest absolute Gasteiger partial charge is 0.344 e. The molecule has 0 aromatic heterocycles. The second kappa shape index (κ2) is 9.52. The Bertz CT molecular complexity index is 924. The highest BCUT2D eigenvalue weighted by Crippen LogP contribution is 2.34. The lowest BCUT2D eigenvalue weighted by Crippen LogP contribution is -2.31. The molecule has 1 amide bonds. The molecule has 7 nitrogen and oxygen atoms in total. The summed E-state index contributed by atoms with van der Waals surface area (Å²) in [5.74, 6) is 1.34. The van der Waals surface area contributed by atoms with E-state index in [2.05, 4.69) is 19.2 Å². The highest BCUT2D eigenvalue weighted by molar-refractivity contribution is 5.81. The molecular formula is C23H27NO6. The summed E-state index contributed by atoms with van der Waals surface area (Å²) >= 11 is 0. The Morgan fingerprint density at radius 3 is 2.53 bits per heavy atom. The molecule has 1 atom stereocenters. The zero-order valence-corrected chi connectivity index (χ0v) is 17.7. The van der Waals surface area contributed by atoms with Gasteiger partial charge in [0.25, 0.3) is 5.91 Å². The average molecular weight is 413 g/mol. The summed E-state index contributed by atoms with van der Waals surface area (Å²) in [4.78, 5) is 24.0. The van der Waals surface area contributed by atoms with Crippen LogP contribution in [-0.4, -0.2) is 31.9 Å². The molecule has 1 heterocycles. The van der Waals surface area contributed by atoms with E-state index < -0.39 is 11.9 Å². The number of ether oxygens (including phenoxy) is 4. The second-order valence-electron chi connectivity index (χ2n) is 7.52. The molecule has 1 aliphatic heterocycles. The van der Waals surface area contributed by atoms with E-state index in [1.54, 1.807) is 6.07 Å². The number of amides is 1. The zero-order valence-electron chi connectivity index (χ0n) is 17.7. The van der Waals surface area contributed by atoms with Gasteiger partial charge in [-0.25, -0.2) is 4.79 Å². The summed E-state index contributed by atoms with van der Waals surface area (Å²) in [5.41, 5.74) is 3.20. The first-order chi connectivity index (χ1) is 14.3. The largest absolute Gasteiger partial charge is 0.482 e. The van der Waals surface area contributed by atoms with Gasteiger partial charge in [-0.3, -0.25) is 4.79 Å². The minimum atomic E-state index is -0.605. The number of nitrogens with one attached hydrogen (secondary N) is 1. The number of aryl methyl sites for hydroxylation is 1. The predicted molar refractivity (Wildman–Crippen MR) is 111 cm³/mol. The molecule has 1 aliphatic rings. The van der Waals surface area contributed by atoms with E-state index in [1.165, 1.54) is 5.56 Å². The Balaban J connectivity index is 1.42. The Morgan fingerprint density at radius 1 is 1.03 bits per heavy atom. The molecule has 0 aliphatic carbocycles. The fraction of sp³-hybridized carbons (Fsp3) is 0.391. The van der Waals surface area contributed by atoms with Gasteiger partial charge in [-0.05, 0) is 60.7 Å². The Labute approximate surface area is 176 Å². The van der Waals surface area contributed by atoms with Crippen LogP contribution in [0.1, 0.15) is 49.4 Å². The lowest BCUT2D eigenvalue weighted by atomic mass is 9.98. The lowest BCUT2D eigenvalue weighted by Gasteiger charge is -2.15. The van der Waals surface area contributed by atoms with E-state index in [4.69, 9.17) is 18.9 Å². The van der Waals surface area contributed by atoms with Crippen LogP contribution >= 0.6 is 0 Å². The monoisotopic (exact) mass is 413 g/mol. The van der Waals surface area contributed by atoms with Gasteiger partial charge in [0, 0.05) is 0 Å². The van der Waals surface area contributed by atoms with E-state index in [9.17, 15) is 9.59 Å². The molecule has 0 saturated heterocycles. The number of rotatable bonds is 8. The molecule has 0 fully saturated rings. The quantitative estimate of drug-likeness (QED) is 0.665. The van der Waals surface area contributed by atoms with Crippen molar-refractivity contribution in [3.05, 3.63) is 53.1 Å². The van der Waals surface area contributed by atoms with Crippen LogP contribution in [0.5, 0.6) is 17.2 Å². The van der Waals surface area contributed by atoms with Crippen LogP contribution in [-0.2, 0) is 14.3 Å². The van der Waals surface area contributed by atoms with Crippen molar-refractivity contribution in [1.29, 1.82) is 0 Å². The van der Waals surface area contributed by atoms with Crippen molar-refractivity contribution in [1.82, 2.24) is 5.32 Å². The second-order valence-corrected chi connectivity index (χ2v) is 7.52. The molecule has 30 heavy (non-hydrogen) atoms. The van der Waals surface area contributed by atoms with Gasteiger partial charge < -0.3 is 24.3 Å². The predicted octanol–water partition coefficient (Wildman–Crippen LogP) is 3.65. The number of benzene rings is 2. The fourth-order valence-corrected chi connectivity index (χ4v) is 3.26. The Morgan fingerprint density at radius 2 is 1.80 bits per heavy atom. The minimum Gasteiger partial charge on any atom is -0.482 e. The first-order valence-corrected chi connectivity index (χ1v) is 9.91. The molecule has 0 saturated carbocycles. The molecule has 2 aromatic carbocycles. The third kappa shape index (κ3) is 5.43. The lowest BCUT2D eigenvalue weighted by molar-refractivity contribution is -0.150. The van der Waals surface area contributed by atoms with Gasteiger partial charge in [-0.15, -0.1) is 0 Å².